The van der Waals surface area contributed by atoms with Crippen LogP contribution in [-0.4, -0.2) is 24.6 Å². The van der Waals surface area contributed by atoms with Crippen LogP contribution in [0, 0.1) is 6.92 Å². The van der Waals surface area contributed by atoms with Crippen LogP contribution in [0.25, 0.3) is 0 Å². The summed E-state index contributed by atoms with van der Waals surface area (Å²) in [5.74, 6) is -0.306. The molecule has 0 bridgehead atoms. The zero-order valence-corrected chi connectivity index (χ0v) is 19.1. The van der Waals surface area contributed by atoms with E-state index < -0.39 is 5.91 Å². The summed E-state index contributed by atoms with van der Waals surface area (Å²) in [6, 6.07) is 16.6. The van der Waals surface area contributed by atoms with Gasteiger partial charge in [0.2, 0.25) is 0 Å². The van der Waals surface area contributed by atoms with Crippen molar-refractivity contribution in [2.75, 3.05) is 11.9 Å². The Morgan fingerprint density at radius 1 is 1.00 bits per heavy atom. The normalized spacial score (nSPS) is 10.8. The topological polar surface area (TPSA) is 79.8 Å². The number of amides is 2. The summed E-state index contributed by atoms with van der Waals surface area (Å²) in [6.45, 7) is 1.58. The lowest BCUT2D eigenvalue weighted by molar-refractivity contribution is -0.123. The first-order valence-corrected chi connectivity index (χ1v) is 10.5. The number of nitrogens with one attached hydrogen (secondary N) is 2. The fourth-order valence-corrected chi connectivity index (χ4v) is 3.23. The first kappa shape index (κ1) is 23.6. The van der Waals surface area contributed by atoms with Crippen LogP contribution in [0.15, 0.2) is 65.8 Å². The van der Waals surface area contributed by atoms with Crippen molar-refractivity contribution < 1.29 is 14.3 Å². The van der Waals surface area contributed by atoms with Crippen molar-refractivity contribution >= 4 is 58.5 Å². The van der Waals surface area contributed by atoms with Gasteiger partial charge in [0.15, 0.2) is 6.61 Å². The van der Waals surface area contributed by atoms with E-state index in [2.05, 4.69) is 15.8 Å². The minimum Gasteiger partial charge on any atom is -0.484 e. The van der Waals surface area contributed by atoms with Gasteiger partial charge in [0.05, 0.1) is 11.2 Å². The van der Waals surface area contributed by atoms with Crippen LogP contribution < -0.4 is 15.5 Å². The third kappa shape index (κ3) is 6.47. The summed E-state index contributed by atoms with van der Waals surface area (Å²) < 4.78 is 5.42. The lowest BCUT2D eigenvalue weighted by atomic mass is 10.1. The predicted molar refractivity (Wildman–Crippen MR) is 128 cm³/mol. The van der Waals surface area contributed by atoms with E-state index in [1.807, 2.05) is 6.92 Å². The largest absolute Gasteiger partial charge is 0.484 e. The van der Waals surface area contributed by atoms with Gasteiger partial charge >= 0.3 is 0 Å². The van der Waals surface area contributed by atoms with E-state index >= 15 is 0 Å². The van der Waals surface area contributed by atoms with Gasteiger partial charge < -0.3 is 10.1 Å². The molecule has 3 rings (SSSR count). The van der Waals surface area contributed by atoms with Crippen molar-refractivity contribution in [3.63, 3.8) is 0 Å². The van der Waals surface area contributed by atoms with Gasteiger partial charge in [-0.25, -0.2) is 5.43 Å². The van der Waals surface area contributed by atoms with E-state index in [0.717, 1.165) is 5.56 Å². The molecule has 0 spiro atoms. The van der Waals surface area contributed by atoms with E-state index in [-0.39, 0.29) is 12.5 Å². The summed E-state index contributed by atoms with van der Waals surface area (Å²) in [6.07, 6.45) is 1.41. The minimum atomic E-state index is -0.454. The number of hydrogen-bond acceptors (Lipinski definition) is 4. The van der Waals surface area contributed by atoms with Crippen LogP contribution in [-0.2, 0) is 4.79 Å². The molecule has 0 saturated heterocycles. The average Bonchev–Trinajstić information content (AvgIpc) is 2.77. The predicted octanol–water partition coefficient (Wildman–Crippen LogP) is 5.74. The molecule has 6 nitrogen and oxygen atoms in total. The van der Waals surface area contributed by atoms with Gasteiger partial charge in [-0.15, -0.1) is 0 Å². The summed E-state index contributed by atoms with van der Waals surface area (Å²) in [4.78, 5) is 24.3. The van der Waals surface area contributed by atoms with Crippen molar-refractivity contribution in [2.24, 2.45) is 5.10 Å². The molecule has 3 aromatic rings. The van der Waals surface area contributed by atoms with E-state index in [4.69, 9.17) is 39.5 Å². The molecule has 0 aliphatic heterocycles. The van der Waals surface area contributed by atoms with Crippen LogP contribution in [0.2, 0.25) is 15.1 Å². The number of rotatable bonds is 7. The Kier molecular flexibility index (Phi) is 8.11. The monoisotopic (exact) mass is 489 g/mol. The van der Waals surface area contributed by atoms with Crippen LogP contribution in [0.1, 0.15) is 21.5 Å². The second kappa shape index (κ2) is 11.0. The Labute approximate surface area is 200 Å². The van der Waals surface area contributed by atoms with Crippen molar-refractivity contribution in [3.05, 3.63) is 92.4 Å². The highest BCUT2D eigenvalue weighted by atomic mass is 35.5. The third-order valence-electron chi connectivity index (χ3n) is 4.36. The SMILES string of the molecule is Cc1c(Cl)cccc1NC(=O)c1ccc(OCC(=O)N/N=C\c2ccc(Cl)cc2Cl)cc1. The number of halogens is 3. The van der Waals surface area contributed by atoms with Crippen LogP contribution in [0.5, 0.6) is 5.75 Å². The van der Waals surface area contributed by atoms with Crippen molar-refractivity contribution in [1.82, 2.24) is 5.43 Å². The highest BCUT2D eigenvalue weighted by molar-refractivity contribution is 6.36. The van der Waals surface area contributed by atoms with Gasteiger partial charge in [0, 0.05) is 26.9 Å². The summed E-state index contributed by atoms with van der Waals surface area (Å²) in [5, 5.41) is 8.16. The van der Waals surface area contributed by atoms with E-state index in [0.29, 0.717) is 37.6 Å². The zero-order valence-electron chi connectivity index (χ0n) is 16.9. The number of anilines is 1. The highest BCUT2D eigenvalue weighted by Crippen LogP contribution is 2.24. The van der Waals surface area contributed by atoms with Gasteiger partial charge in [0.1, 0.15) is 5.75 Å². The Balaban J connectivity index is 1.49. The number of ether oxygens (including phenoxy) is 1. The molecular formula is C23H18Cl3N3O3. The number of hydrazone groups is 1. The summed E-state index contributed by atoms with van der Waals surface area (Å²) >= 11 is 17.9. The molecule has 0 aliphatic carbocycles. The fourth-order valence-electron chi connectivity index (χ4n) is 2.60. The molecule has 0 radical (unpaired) electrons. The van der Waals surface area contributed by atoms with E-state index in [9.17, 15) is 9.59 Å². The number of nitrogens with zero attached hydrogens (tertiary/aromatic N) is 1. The molecule has 3 aromatic carbocycles. The first-order valence-electron chi connectivity index (χ1n) is 9.40. The quantitative estimate of drug-likeness (QED) is 0.327. The molecule has 0 unspecified atom stereocenters. The molecule has 164 valence electrons. The van der Waals surface area contributed by atoms with Crippen molar-refractivity contribution in [1.29, 1.82) is 0 Å². The van der Waals surface area contributed by atoms with Gasteiger partial charge in [-0.2, -0.15) is 5.10 Å². The van der Waals surface area contributed by atoms with Gasteiger partial charge in [-0.05, 0) is 61.0 Å². The molecule has 0 aliphatic rings. The molecule has 9 heteroatoms. The smallest absolute Gasteiger partial charge is 0.277 e. The standard InChI is InChI=1S/C23H18Cl3N3O3/c1-14-19(25)3-2-4-21(14)28-23(31)15-6-9-18(10-7-15)32-13-22(30)29-27-12-16-5-8-17(24)11-20(16)26/h2-12H,13H2,1H3,(H,28,31)(H,29,30)/b27-12-. The first-order chi connectivity index (χ1) is 15.3. The molecular weight excluding hydrogens is 473 g/mol. The summed E-state index contributed by atoms with van der Waals surface area (Å²) in [7, 11) is 0. The Morgan fingerprint density at radius 2 is 1.75 bits per heavy atom. The molecule has 0 atom stereocenters. The lowest BCUT2D eigenvalue weighted by Gasteiger charge is -2.10. The van der Waals surface area contributed by atoms with Gasteiger partial charge in [0.25, 0.3) is 11.8 Å². The minimum absolute atomic E-state index is 0.251. The molecule has 0 heterocycles. The highest BCUT2D eigenvalue weighted by Gasteiger charge is 2.10. The maximum Gasteiger partial charge on any atom is 0.277 e. The Bertz CT molecular complexity index is 1160. The van der Waals surface area contributed by atoms with Crippen molar-refractivity contribution in [2.45, 2.75) is 6.92 Å². The molecule has 2 amide bonds. The second-order valence-corrected chi connectivity index (χ2v) is 7.89. The number of carbonyl (C=O) groups is 2. The number of hydrogen-bond donors (Lipinski definition) is 2. The average molecular weight is 491 g/mol. The molecule has 0 aromatic heterocycles. The second-order valence-electron chi connectivity index (χ2n) is 6.64. The maximum atomic E-state index is 12.4. The maximum absolute atomic E-state index is 12.4. The van der Waals surface area contributed by atoms with Crippen LogP contribution >= 0.6 is 34.8 Å². The van der Waals surface area contributed by atoms with Crippen LogP contribution in [0.4, 0.5) is 5.69 Å². The number of carbonyl (C=O) groups excluding carboxylic acids is 2. The van der Waals surface area contributed by atoms with Crippen molar-refractivity contribution in [3.8, 4) is 5.75 Å². The Hall–Kier alpha value is -3.06. The van der Waals surface area contributed by atoms with Gasteiger partial charge in [-0.3, -0.25) is 9.59 Å². The van der Waals surface area contributed by atoms with Crippen LogP contribution in [0.3, 0.4) is 0 Å². The third-order valence-corrected chi connectivity index (χ3v) is 5.33. The fraction of sp³-hybridized carbons (Fsp3) is 0.0870. The number of benzene rings is 3. The molecule has 32 heavy (non-hydrogen) atoms. The molecule has 0 fully saturated rings. The van der Waals surface area contributed by atoms with E-state index in [1.54, 1.807) is 60.7 Å². The van der Waals surface area contributed by atoms with Gasteiger partial charge in [-0.1, -0.05) is 46.9 Å². The molecule has 0 saturated carbocycles. The summed E-state index contributed by atoms with van der Waals surface area (Å²) in [5.41, 5.74) is 4.82. The Morgan fingerprint density at radius 3 is 2.47 bits per heavy atom. The molecule has 2 N–H and O–H groups in total. The zero-order chi connectivity index (χ0) is 23.1. The lowest BCUT2D eigenvalue weighted by Crippen LogP contribution is -2.24. The van der Waals surface area contributed by atoms with E-state index in [1.165, 1.54) is 6.21 Å².